The zero-order valence-corrected chi connectivity index (χ0v) is 10.6. The molecule has 0 spiro atoms. The minimum absolute atomic E-state index is 0.571. The van der Waals surface area contributed by atoms with Gasteiger partial charge in [0.25, 0.3) is 0 Å². The summed E-state index contributed by atoms with van der Waals surface area (Å²) in [6, 6.07) is 0. The fraction of sp³-hybridized carbons (Fsp3) is 1.00. The maximum atomic E-state index is 9.43. The normalized spacial score (nSPS) is 12.0. The van der Waals surface area contributed by atoms with Crippen LogP contribution in [0.5, 0.6) is 0 Å². The van der Waals surface area contributed by atoms with Gasteiger partial charge in [0.15, 0.2) is 0 Å². The Morgan fingerprint density at radius 2 is 1.79 bits per heavy atom. The number of hydrogen-bond donors (Lipinski definition) is 2. The standard InChI is InChI=1S/C11H25NOS/c1-11(2,13)10-12-8-6-4-5-7-9-14-3/h12-13H,4-10H2,1-3H3. The Bertz CT molecular complexity index is 123. The molecule has 0 aliphatic carbocycles. The quantitative estimate of drug-likeness (QED) is 0.584. The summed E-state index contributed by atoms with van der Waals surface area (Å²) in [6.07, 6.45) is 7.37. The van der Waals surface area contributed by atoms with Crippen LogP contribution in [-0.2, 0) is 0 Å². The van der Waals surface area contributed by atoms with E-state index in [2.05, 4.69) is 11.6 Å². The highest BCUT2D eigenvalue weighted by Gasteiger charge is 2.10. The molecule has 0 saturated heterocycles. The summed E-state index contributed by atoms with van der Waals surface area (Å²) >= 11 is 1.92. The van der Waals surface area contributed by atoms with Crippen molar-refractivity contribution in [1.29, 1.82) is 0 Å². The monoisotopic (exact) mass is 219 g/mol. The molecule has 0 aromatic heterocycles. The lowest BCUT2D eigenvalue weighted by Crippen LogP contribution is -2.35. The van der Waals surface area contributed by atoms with Gasteiger partial charge in [0.2, 0.25) is 0 Å². The molecular weight excluding hydrogens is 194 g/mol. The van der Waals surface area contributed by atoms with Crippen LogP contribution >= 0.6 is 11.8 Å². The predicted molar refractivity (Wildman–Crippen MR) is 66.0 cm³/mol. The van der Waals surface area contributed by atoms with E-state index in [1.807, 2.05) is 25.6 Å². The molecule has 0 amide bonds. The maximum absolute atomic E-state index is 9.43. The third-order valence-electron chi connectivity index (χ3n) is 2.01. The largest absolute Gasteiger partial charge is 0.389 e. The Morgan fingerprint density at radius 1 is 1.14 bits per heavy atom. The molecule has 0 aromatic rings. The van der Waals surface area contributed by atoms with Gasteiger partial charge in [-0.1, -0.05) is 12.8 Å². The van der Waals surface area contributed by atoms with Crippen LogP contribution in [-0.4, -0.2) is 35.8 Å². The fourth-order valence-corrected chi connectivity index (χ4v) is 1.74. The molecule has 2 N–H and O–H groups in total. The van der Waals surface area contributed by atoms with Crippen molar-refractivity contribution in [1.82, 2.24) is 5.32 Å². The zero-order valence-electron chi connectivity index (χ0n) is 9.81. The average molecular weight is 219 g/mol. The molecule has 0 aliphatic rings. The lowest BCUT2D eigenvalue weighted by Gasteiger charge is -2.17. The molecule has 2 nitrogen and oxygen atoms in total. The molecule has 0 radical (unpaired) electrons. The first-order valence-corrected chi connectivity index (χ1v) is 6.88. The van der Waals surface area contributed by atoms with Gasteiger partial charge >= 0.3 is 0 Å². The smallest absolute Gasteiger partial charge is 0.0715 e. The second-order valence-electron chi connectivity index (χ2n) is 4.40. The van der Waals surface area contributed by atoms with Crippen molar-refractivity contribution in [2.45, 2.75) is 45.1 Å². The summed E-state index contributed by atoms with van der Waals surface area (Å²) in [5, 5.41) is 12.7. The van der Waals surface area contributed by atoms with Gasteiger partial charge in [0.05, 0.1) is 5.60 Å². The average Bonchev–Trinajstić information content (AvgIpc) is 2.08. The van der Waals surface area contributed by atoms with Crippen LogP contribution in [0.25, 0.3) is 0 Å². The molecule has 86 valence electrons. The van der Waals surface area contributed by atoms with E-state index in [9.17, 15) is 5.11 Å². The van der Waals surface area contributed by atoms with Crippen LogP contribution in [0.3, 0.4) is 0 Å². The summed E-state index contributed by atoms with van der Waals surface area (Å²) in [6.45, 7) is 5.39. The number of nitrogens with one attached hydrogen (secondary N) is 1. The highest BCUT2D eigenvalue weighted by molar-refractivity contribution is 7.98. The first kappa shape index (κ1) is 14.3. The van der Waals surface area contributed by atoms with E-state index >= 15 is 0 Å². The number of thioether (sulfide) groups is 1. The zero-order chi connectivity index (χ0) is 10.9. The first-order valence-electron chi connectivity index (χ1n) is 5.48. The van der Waals surface area contributed by atoms with Crippen LogP contribution in [0.1, 0.15) is 39.5 Å². The number of unbranched alkanes of at least 4 members (excludes halogenated alkanes) is 3. The summed E-state index contributed by atoms with van der Waals surface area (Å²) in [7, 11) is 0. The highest BCUT2D eigenvalue weighted by atomic mass is 32.2. The van der Waals surface area contributed by atoms with Crippen molar-refractivity contribution < 1.29 is 5.11 Å². The van der Waals surface area contributed by atoms with E-state index in [0.29, 0.717) is 6.54 Å². The number of rotatable bonds is 9. The van der Waals surface area contributed by atoms with Crippen LogP contribution < -0.4 is 5.32 Å². The van der Waals surface area contributed by atoms with Crippen molar-refractivity contribution in [3.63, 3.8) is 0 Å². The van der Waals surface area contributed by atoms with Crippen LogP contribution in [0.15, 0.2) is 0 Å². The SMILES string of the molecule is CSCCCCCCNCC(C)(C)O. The summed E-state index contributed by atoms with van der Waals surface area (Å²) in [4.78, 5) is 0. The van der Waals surface area contributed by atoms with Gasteiger partial charge in [0, 0.05) is 6.54 Å². The summed E-state index contributed by atoms with van der Waals surface area (Å²) < 4.78 is 0. The Morgan fingerprint density at radius 3 is 2.36 bits per heavy atom. The lowest BCUT2D eigenvalue weighted by molar-refractivity contribution is 0.0799. The highest BCUT2D eigenvalue weighted by Crippen LogP contribution is 2.04. The Kier molecular flexibility index (Phi) is 8.73. The molecule has 0 fully saturated rings. The van der Waals surface area contributed by atoms with E-state index in [0.717, 1.165) is 6.54 Å². The van der Waals surface area contributed by atoms with E-state index in [1.54, 1.807) is 0 Å². The molecule has 0 atom stereocenters. The third-order valence-corrected chi connectivity index (χ3v) is 2.71. The van der Waals surface area contributed by atoms with E-state index in [4.69, 9.17) is 0 Å². The molecule has 0 unspecified atom stereocenters. The Hall–Kier alpha value is 0.270. The van der Waals surface area contributed by atoms with Gasteiger partial charge < -0.3 is 10.4 Å². The fourth-order valence-electron chi connectivity index (χ4n) is 1.24. The van der Waals surface area contributed by atoms with Crippen LogP contribution in [0, 0.1) is 0 Å². The lowest BCUT2D eigenvalue weighted by atomic mass is 10.1. The van der Waals surface area contributed by atoms with Crippen molar-refractivity contribution in [3.05, 3.63) is 0 Å². The Labute approximate surface area is 92.9 Å². The molecule has 0 bridgehead atoms. The molecular formula is C11H25NOS. The minimum atomic E-state index is -0.571. The van der Waals surface area contributed by atoms with Crippen molar-refractivity contribution in [2.75, 3.05) is 25.1 Å². The van der Waals surface area contributed by atoms with E-state index in [1.165, 1.54) is 31.4 Å². The third kappa shape index (κ3) is 12.3. The van der Waals surface area contributed by atoms with Crippen molar-refractivity contribution in [2.24, 2.45) is 0 Å². The molecule has 0 aromatic carbocycles. The van der Waals surface area contributed by atoms with E-state index in [-0.39, 0.29) is 0 Å². The van der Waals surface area contributed by atoms with Gasteiger partial charge in [-0.3, -0.25) is 0 Å². The second-order valence-corrected chi connectivity index (χ2v) is 5.38. The van der Waals surface area contributed by atoms with Gasteiger partial charge in [-0.15, -0.1) is 0 Å². The van der Waals surface area contributed by atoms with Crippen molar-refractivity contribution in [3.8, 4) is 0 Å². The summed E-state index contributed by atoms with van der Waals surface area (Å²) in [5.74, 6) is 1.29. The number of hydrogen-bond acceptors (Lipinski definition) is 3. The van der Waals surface area contributed by atoms with Gasteiger partial charge in [-0.25, -0.2) is 0 Å². The van der Waals surface area contributed by atoms with Gasteiger partial charge in [0.1, 0.15) is 0 Å². The van der Waals surface area contributed by atoms with Gasteiger partial charge in [-0.05, 0) is 45.2 Å². The maximum Gasteiger partial charge on any atom is 0.0715 e. The molecule has 0 aliphatic heterocycles. The minimum Gasteiger partial charge on any atom is -0.389 e. The van der Waals surface area contributed by atoms with Crippen LogP contribution in [0.4, 0.5) is 0 Å². The van der Waals surface area contributed by atoms with Crippen LogP contribution in [0.2, 0.25) is 0 Å². The molecule has 14 heavy (non-hydrogen) atoms. The molecule has 3 heteroatoms. The Balaban J connectivity index is 2.99. The molecule has 0 heterocycles. The number of aliphatic hydroxyl groups is 1. The first-order chi connectivity index (χ1) is 6.56. The van der Waals surface area contributed by atoms with Gasteiger partial charge in [-0.2, -0.15) is 11.8 Å². The predicted octanol–water partition coefficient (Wildman–Crippen LogP) is 2.27. The van der Waals surface area contributed by atoms with E-state index < -0.39 is 5.60 Å². The molecule has 0 saturated carbocycles. The summed E-state index contributed by atoms with van der Waals surface area (Å²) in [5.41, 5.74) is -0.571. The second kappa shape index (κ2) is 8.57. The topological polar surface area (TPSA) is 32.3 Å². The molecule has 0 rings (SSSR count). The van der Waals surface area contributed by atoms with Crippen molar-refractivity contribution >= 4 is 11.8 Å².